The van der Waals surface area contributed by atoms with Crippen molar-refractivity contribution in [2.24, 2.45) is 21.7 Å². The van der Waals surface area contributed by atoms with Gasteiger partial charge in [0.2, 0.25) is 0 Å². The maximum Gasteiger partial charge on any atom is -0.0119 e. The van der Waals surface area contributed by atoms with Crippen LogP contribution in [0.1, 0.15) is 69.2 Å². The van der Waals surface area contributed by atoms with E-state index in [-0.39, 0.29) is 16.2 Å². The first-order valence-corrected chi connectivity index (χ1v) is 6.45. The average Bonchev–Trinajstić information content (AvgIpc) is 2.01. The van der Waals surface area contributed by atoms with Crippen molar-refractivity contribution in [3.8, 4) is 0 Å². The molecular weight excluding hydrogens is 192 g/mol. The van der Waals surface area contributed by atoms with E-state index in [1.54, 1.807) is 0 Å². The van der Waals surface area contributed by atoms with Crippen molar-refractivity contribution < 1.29 is 0 Å². The second-order valence-corrected chi connectivity index (χ2v) is 7.72. The molecule has 0 aromatic rings. The van der Waals surface area contributed by atoms with Gasteiger partial charge in [0.05, 0.1) is 0 Å². The molecule has 96 valence electrons. The second kappa shape index (κ2) is 4.20. The van der Waals surface area contributed by atoms with Crippen LogP contribution in [0.15, 0.2) is 12.2 Å². The third kappa shape index (κ3) is 2.36. The predicted octanol–water partition coefficient (Wildman–Crippen LogP) is 5.69. The molecule has 0 saturated heterocycles. The van der Waals surface area contributed by atoms with Crippen LogP contribution in [0.25, 0.3) is 0 Å². The summed E-state index contributed by atoms with van der Waals surface area (Å²) in [5, 5.41) is 0. The highest BCUT2D eigenvalue weighted by Gasteiger charge is 2.51. The SMILES string of the molecule is C/C=C\C(C)(C)C(C)(C)C(C)(C)C(C)(C)C. The molecule has 0 aromatic carbocycles. The summed E-state index contributed by atoms with van der Waals surface area (Å²) < 4.78 is 0. The molecule has 0 heterocycles. The lowest BCUT2D eigenvalue weighted by atomic mass is 9.48. The van der Waals surface area contributed by atoms with Gasteiger partial charge in [-0.05, 0) is 28.6 Å². The van der Waals surface area contributed by atoms with E-state index in [9.17, 15) is 0 Å². The Balaban J connectivity index is 5.52. The molecule has 0 aliphatic carbocycles. The molecule has 0 nitrogen and oxygen atoms in total. The second-order valence-electron chi connectivity index (χ2n) is 7.72. The predicted molar refractivity (Wildman–Crippen MR) is 75.6 cm³/mol. The molecular formula is C16H32. The summed E-state index contributed by atoms with van der Waals surface area (Å²) in [6, 6.07) is 0. The summed E-state index contributed by atoms with van der Waals surface area (Å²) in [6.07, 6.45) is 4.53. The minimum Gasteiger partial charge on any atom is -0.0911 e. The maximum absolute atomic E-state index is 2.40. The van der Waals surface area contributed by atoms with Gasteiger partial charge in [0.25, 0.3) is 0 Å². The highest BCUT2D eigenvalue weighted by atomic mass is 14.6. The van der Waals surface area contributed by atoms with Crippen LogP contribution < -0.4 is 0 Å². The molecule has 0 spiro atoms. The monoisotopic (exact) mass is 224 g/mol. The van der Waals surface area contributed by atoms with Gasteiger partial charge >= 0.3 is 0 Å². The zero-order valence-corrected chi connectivity index (χ0v) is 13.2. The molecule has 0 aliphatic heterocycles. The molecule has 0 heteroatoms. The number of allylic oxidation sites excluding steroid dienone is 2. The highest BCUT2D eigenvalue weighted by molar-refractivity contribution is 5.08. The van der Waals surface area contributed by atoms with E-state index in [2.05, 4.69) is 81.4 Å². The summed E-state index contributed by atoms with van der Waals surface area (Å²) in [4.78, 5) is 0. The molecule has 0 rings (SSSR count). The van der Waals surface area contributed by atoms with Crippen molar-refractivity contribution in [2.45, 2.75) is 69.2 Å². The molecule has 0 aliphatic rings. The lowest BCUT2D eigenvalue weighted by molar-refractivity contribution is -0.0671. The fourth-order valence-corrected chi connectivity index (χ4v) is 2.37. The van der Waals surface area contributed by atoms with Gasteiger partial charge < -0.3 is 0 Å². The Hall–Kier alpha value is -0.260. The summed E-state index contributed by atoms with van der Waals surface area (Å²) >= 11 is 0. The van der Waals surface area contributed by atoms with Gasteiger partial charge in [0.15, 0.2) is 0 Å². The molecule has 0 amide bonds. The normalized spacial score (nSPS) is 15.9. The summed E-state index contributed by atoms with van der Waals surface area (Å²) in [5.74, 6) is 0. The van der Waals surface area contributed by atoms with Crippen molar-refractivity contribution in [3.05, 3.63) is 12.2 Å². The minimum absolute atomic E-state index is 0.207. The van der Waals surface area contributed by atoms with E-state index in [4.69, 9.17) is 0 Å². The van der Waals surface area contributed by atoms with Gasteiger partial charge in [-0.15, -0.1) is 0 Å². The smallest absolute Gasteiger partial charge is 0.0119 e. The van der Waals surface area contributed by atoms with Gasteiger partial charge in [0.1, 0.15) is 0 Å². The van der Waals surface area contributed by atoms with Crippen LogP contribution in [0.3, 0.4) is 0 Å². The van der Waals surface area contributed by atoms with Crippen LogP contribution in [-0.2, 0) is 0 Å². The molecule has 16 heavy (non-hydrogen) atoms. The van der Waals surface area contributed by atoms with Crippen LogP contribution in [0.2, 0.25) is 0 Å². The molecule has 0 N–H and O–H groups in total. The zero-order valence-electron chi connectivity index (χ0n) is 13.2. The van der Waals surface area contributed by atoms with Crippen LogP contribution in [0.5, 0.6) is 0 Å². The van der Waals surface area contributed by atoms with E-state index in [0.29, 0.717) is 5.41 Å². The van der Waals surface area contributed by atoms with Crippen LogP contribution in [-0.4, -0.2) is 0 Å². The third-order valence-corrected chi connectivity index (χ3v) is 5.63. The first-order chi connectivity index (χ1) is 6.81. The third-order valence-electron chi connectivity index (χ3n) is 5.63. The lowest BCUT2D eigenvalue weighted by Crippen LogP contribution is -2.50. The molecule has 0 atom stereocenters. The van der Waals surface area contributed by atoms with Crippen molar-refractivity contribution in [1.29, 1.82) is 0 Å². The Morgan fingerprint density at radius 3 is 1.25 bits per heavy atom. The molecule has 0 radical (unpaired) electrons. The quantitative estimate of drug-likeness (QED) is 0.540. The van der Waals surface area contributed by atoms with Gasteiger partial charge in [-0.2, -0.15) is 0 Å². The Labute approximate surface area is 104 Å². The van der Waals surface area contributed by atoms with E-state index >= 15 is 0 Å². The molecule has 0 aromatic heterocycles. The van der Waals surface area contributed by atoms with Crippen molar-refractivity contribution in [2.75, 3.05) is 0 Å². The van der Waals surface area contributed by atoms with E-state index in [1.165, 1.54) is 0 Å². The van der Waals surface area contributed by atoms with Gasteiger partial charge in [-0.3, -0.25) is 0 Å². The minimum atomic E-state index is 0.207. The number of hydrogen-bond acceptors (Lipinski definition) is 0. The maximum atomic E-state index is 2.40. The van der Waals surface area contributed by atoms with Crippen LogP contribution >= 0.6 is 0 Å². The first-order valence-electron chi connectivity index (χ1n) is 6.45. The van der Waals surface area contributed by atoms with Crippen molar-refractivity contribution in [1.82, 2.24) is 0 Å². The topological polar surface area (TPSA) is 0 Å². The Bertz CT molecular complexity index is 256. The Kier molecular flexibility index (Phi) is 4.13. The standard InChI is InChI=1S/C16H32/c1-11-12-14(5,6)16(9,10)15(7,8)13(2,3)4/h11-12H,1-10H3/b12-11-. The summed E-state index contributed by atoms with van der Waals surface area (Å²) in [6.45, 7) is 23.5. The van der Waals surface area contributed by atoms with E-state index in [1.807, 2.05) is 0 Å². The Morgan fingerprint density at radius 2 is 1.00 bits per heavy atom. The van der Waals surface area contributed by atoms with Crippen LogP contribution in [0.4, 0.5) is 0 Å². The van der Waals surface area contributed by atoms with Crippen LogP contribution in [0, 0.1) is 21.7 Å². The van der Waals surface area contributed by atoms with Gasteiger partial charge in [-0.1, -0.05) is 74.5 Å². The zero-order chi connectivity index (χ0) is 13.4. The van der Waals surface area contributed by atoms with Crippen molar-refractivity contribution >= 4 is 0 Å². The first kappa shape index (κ1) is 15.7. The highest BCUT2D eigenvalue weighted by Crippen LogP contribution is 2.59. The summed E-state index contributed by atoms with van der Waals surface area (Å²) in [5.41, 5.74) is 1.02. The summed E-state index contributed by atoms with van der Waals surface area (Å²) in [7, 11) is 0. The Morgan fingerprint density at radius 1 is 0.625 bits per heavy atom. The van der Waals surface area contributed by atoms with Gasteiger partial charge in [0, 0.05) is 0 Å². The van der Waals surface area contributed by atoms with E-state index < -0.39 is 0 Å². The van der Waals surface area contributed by atoms with E-state index in [0.717, 1.165) is 0 Å². The fourth-order valence-electron chi connectivity index (χ4n) is 2.37. The molecule has 0 bridgehead atoms. The average molecular weight is 224 g/mol. The number of rotatable bonds is 3. The molecule has 0 unspecified atom stereocenters. The molecule has 0 fully saturated rings. The molecule has 0 saturated carbocycles. The number of hydrogen-bond donors (Lipinski definition) is 0. The lowest BCUT2D eigenvalue weighted by Gasteiger charge is -2.57. The van der Waals surface area contributed by atoms with Crippen molar-refractivity contribution in [3.63, 3.8) is 0 Å². The van der Waals surface area contributed by atoms with Gasteiger partial charge in [-0.25, -0.2) is 0 Å². The largest absolute Gasteiger partial charge is 0.0911 e. The fraction of sp³-hybridized carbons (Fsp3) is 0.875.